The molecule has 9 nitrogen and oxygen atoms in total. The van der Waals surface area contributed by atoms with E-state index in [1.807, 2.05) is 43.3 Å². The number of nitrogens with zero attached hydrogens (tertiary/aromatic N) is 2. The first-order chi connectivity index (χ1) is 17.9. The van der Waals surface area contributed by atoms with Gasteiger partial charge in [-0.2, -0.15) is 0 Å². The van der Waals surface area contributed by atoms with Crippen LogP contribution in [0.3, 0.4) is 0 Å². The molecule has 2 aliphatic heterocycles. The predicted octanol–water partition coefficient (Wildman–Crippen LogP) is 1.13. The van der Waals surface area contributed by atoms with Crippen molar-refractivity contribution in [2.45, 2.75) is 18.9 Å². The highest BCUT2D eigenvalue weighted by molar-refractivity contribution is 6.35. The summed E-state index contributed by atoms with van der Waals surface area (Å²) in [5.41, 5.74) is 2.37. The van der Waals surface area contributed by atoms with Crippen molar-refractivity contribution in [2.75, 3.05) is 57.9 Å². The van der Waals surface area contributed by atoms with Crippen molar-refractivity contribution < 1.29 is 23.9 Å². The molecule has 4 rings (SSSR count). The van der Waals surface area contributed by atoms with E-state index in [9.17, 15) is 14.4 Å². The van der Waals surface area contributed by atoms with Crippen molar-refractivity contribution >= 4 is 23.4 Å². The molecule has 9 heteroatoms. The summed E-state index contributed by atoms with van der Waals surface area (Å²) in [5.74, 6) is 4.81. The number of amides is 3. The van der Waals surface area contributed by atoms with Crippen molar-refractivity contribution in [1.82, 2.24) is 15.5 Å². The Morgan fingerprint density at radius 1 is 1.11 bits per heavy atom. The molecule has 37 heavy (non-hydrogen) atoms. The molecule has 1 fully saturated rings. The lowest BCUT2D eigenvalue weighted by Crippen LogP contribution is -2.53. The molecule has 2 aliphatic rings. The molecule has 0 spiro atoms. The summed E-state index contributed by atoms with van der Waals surface area (Å²) in [6.07, 6.45) is 0. The van der Waals surface area contributed by atoms with Crippen LogP contribution in [0.4, 0.5) is 5.69 Å². The highest BCUT2D eigenvalue weighted by Gasteiger charge is 2.32. The Balaban J connectivity index is 1.33. The Morgan fingerprint density at radius 3 is 2.62 bits per heavy atom. The molecule has 2 aromatic rings. The molecule has 0 aliphatic carbocycles. The fraction of sp³-hybridized carbons (Fsp3) is 0.393. The van der Waals surface area contributed by atoms with Gasteiger partial charge in [-0.15, -0.1) is 0 Å². The van der Waals surface area contributed by atoms with Gasteiger partial charge in [-0.25, -0.2) is 0 Å². The zero-order chi connectivity index (χ0) is 26.2. The molecule has 2 atom stereocenters. The zero-order valence-electron chi connectivity index (χ0n) is 21.2. The lowest BCUT2D eigenvalue weighted by Gasteiger charge is -2.24. The fourth-order valence-corrected chi connectivity index (χ4v) is 4.14. The number of carbonyl (C=O) groups excluding carboxylic acids is 3. The van der Waals surface area contributed by atoms with E-state index < -0.39 is 17.9 Å². The van der Waals surface area contributed by atoms with Crippen LogP contribution >= 0.6 is 0 Å². The second kappa shape index (κ2) is 12.4. The monoisotopic (exact) mass is 504 g/mol. The van der Waals surface area contributed by atoms with Gasteiger partial charge in [0.05, 0.1) is 25.4 Å². The Hall–Kier alpha value is -3.87. The average molecular weight is 505 g/mol. The third-order valence-corrected chi connectivity index (χ3v) is 6.44. The molecule has 0 radical (unpaired) electrons. The van der Waals surface area contributed by atoms with Crippen molar-refractivity contribution in [3.63, 3.8) is 0 Å². The van der Waals surface area contributed by atoms with Crippen molar-refractivity contribution in [3.05, 3.63) is 59.7 Å². The minimum atomic E-state index is -1.00. The van der Waals surface area contributed by atoms with Crippen LogP contribution in [0.15, 0.2) is 48.5 Å². The maximum Gasteiger partial charge on any atom is 0.310 e. The van der Waals surface area contributed by atoms with E-state index in [1.54, 1.807) is 19.2 Å². The van der Waals surface area contributed by atoms with Crippen LogP contribution in [0, 0.1) is 11.8 Å². The summed E-state index contributed by atoms with van der Waals surface area (Å²) < 4.78 is 11.2. The highest BCUT2D eigenvalue weighted by Crippen LogP contribution is 2.31. The number of morpholine rings is 1. The number of rotatable bonds is 5. The molecule has 2 heterocycles. The Labute approximate surface area is 217 Å². The van der Waals surface area contributed by atoms with E-state index in [4.69, 9.17) is 9.47 Å². The fourth-order valence-electron chi connectivity index (χ4n) is 4.14. The first-order valence-electron chi connectivity index (χ1n) is 12.4. The summed E-state index contributed by atoms with van der Waals surface area (Å²) in [4.78, 5) is 41.7. The minimum Gasteiger partial charge on any atom is -0.489 e. The van der Waals surface area contributed by atoms with E-state index in [1.165, 1.54) is 4.90 Å². The van der Waals surface area contributed by atoms with E-state index in [0.717, 1.165) is 37.4 Å². The molecule has 3 amide bonds. The van der Waals surface area contributed by atoms with E-state index in [0.29, 0.717) is 24.5 Å². The molecule has 2 aromatic carbocycles. The third-order valence-electron chi connectivity index (χ3n) is 6.44. The Morgan fingerprint density at radius 2 is 1.86 bits per heavy atom. The SMILES string of the molecule is C[C@@H](CNC(=O)C(=O)N[C@H]1COc2ccc(C#CCN3CCOCC3)cc2N(C)C1=O)c1ccccc1. The molecule has 0 saturated carbocycles. The van der Waals surface area contributed by atoms with Gasteiger partial charge in [0.15, 0.2) is 0 Å². The van der Waals surface area contributed by atoms with Crippen LogP contribution in [-0.4, -0.2) is 81.7 Å². The molecule has 194 valence electrons. The molecule has 0 unspecified atom stereocenters. The number of hydrogen-bond donors (Lipinski definition) is 2. The van der Waals surface area contributed by atoms with Gasteiger partial charge in [0.1, 0.15) is 18.4 Å². The largest absolute Gasteiger partial charge is 0.489 e. The molecular weight excluding hydrogens is 472 g/mol. The van der Waals surface area contributed by atoms with Gasteiger partial charge < -0.3 is 25.0 Å². The molecule has 2 N–H and O–H groups in total. The van der Waals surface area contributed by atoms with Gasteiger partial charge in [0.2, 0.25) is 0 Å². The van der Waals surface area contributed by atoms with Crippen LogP contribution in [0.2, 0.25) is 0 Å². The lowest BCUT2D eigenvalue weighted by molar-refractivity contribution is -0.140. The summed E-state index contributed by atoms with van der Waals surface area (Å²) >= 11 is 0. The minimum absolute atomic E-state index is 0.0348. The first kappa shape index (κ1) is 26.2. The van der Waals surface area contributed by atoms with Crippen molar-refractivity contribution in [2.24, 2.45) is 0 Å². The summed E-state index contributed by atoms with van der Waals surface area (Å²) in [6, 6.07) is 14.1. The average Bonchev–Trinajstić information content (AvgIpc) is 3.04. The third kappa shape index (κ3) is 6.88. The second-order valence-corrected chi connectivity index (χ2v) is 9.13. The van der Waals surface area contributed by atoms with Gasteiger partial charge in [-0.3, -0.25) is 19.3 Å². The molecular formula is C28H32N4O5. The quantitative estimate of drug-likeness (QED) is 0.468. The Bertz CT molecular complexity index is 1180. The summed E-state index contributed by atoms with van der Waals surface area (Å²) in [7, 11) is 1.61. The van der Waals surface area contributed by atoms with E-state index in [2.05, 4.69) is 27.4 Å². The summed E-state index contributed by atoms with van der Waals surface area (Å²) in [6.45, 7) is 5.98. The van der Waals surface area contributed by atoms with Crippen molar-refractivity contribution in [1.29, 1.82) is 0 Å². The highest BCUT2D eigenvalue weighted by atomic mass is 16.5. The van der Waals surface area contributed by atoms with Crippen LogP contribution in [0.5, 0.6) is 5.75 Å². The zero-order valence-corrected chi connectivity index (χ0v) is 21.2. The van der Waals surface area contributed by atoms with Gasteiger partial charge in [0.25, 0.3) is 5.91 Å². The maximum absolute atomic E-state index is 13.1. The van der Waals surface area contributed by atoms with Gasteiger partial charge in [-0.05, 0) is 29.7 Å². The number of anilines is 1. The van der Waals surface area contributed by atoms with Gasteiger partial charge in [0, 0.05) is 32.2 Å². The molecule has 0 bridgehead atoms. The number of nitrogens with one attached hydrogen (secondary N) is 2. The van der Waals surface area contributed by atoms with Gasteiger partial charge in [-0.1, -0.05) is 49.1 Å². The van der Waals surface area contributed by atoms with E-state index in [-0.39, 0.29) is 18.4 Å². The van der Waals surface area contributed by atoms with E-state index >= 15 is 0 Å². The number of fused-ring (bicyclic) bond motifs is 1. The number of ether oxygens (including phenoxy) is 2. The van der Waals surface area contributed by atoms with Crippen LogP contribution in [-0.2, 0) is 19.1 Å². The first-order valence-corrected chi connectivity index (χ1v) is 12.4. The smallest absolute Gasteiger partial charge is 0.310 e. The van der Waals surface area contributed by atoms with Gasteiger partial charge >= 0.3 is 11.8 Å². The lowest BCUT2D eigenvalue weighted by atomic mass is 10.0. The normalized spacial score (nSPS) is 18.4. The summed E-state index contributed by atoms with van der Waals surface area (Å²) in [5, 5.41) is 5.15. The number of carbonyl (C=O) groups is 3. The second-order valence-electron chi connectivity index (χ2n) is 9.13. The van der Waals surface area contributed by atoms with Crippen molar-refractivity contribution in [3.8, 4) is 17.6 Å². The van der Waals surface area contributed by atoms with Crippen LogP contribution < -0.4 is 20.3 Å². The Kier molecular flexibility index (Phi) is 8.77. The number of hydrogen-bond acceptors (Lipinski definition) is 6. The van der Waals surface area contributed by atoms with Crippen LogP contribution in [0.1, 0.15) is 24.0 Å². The number of likely N-dealkylation sites (N-methyl/N-ethyl adjacent to an activating group) is 1. The number of benzene rings is 2. The predicted molar refractivity (Wildman–Crippen MR) is 139 cm³/mol. The molecule has 1 saturated heterocycles. The topological polar surface area (TPSA) is 100 Å². The standard InChI is InChI=1S/C28H32N4O5/c1-20(22-8-4-3-5-9-22)18-29-26(33)27(34)30-23-19-37-25-11-10-21(17-24(25)31(2)28(23)35)7-6-12-32-13-15-36-16-14-32/h3-5,8-11,17,20,23H,12-16,18-19H2,1-2H3,(H,29,33)(H,30,34)/t20-,23-/m0/s1. The van der Waals surface area contributed by atoms with Crippen LogP contribution in [0.25, 0.3) is 0 Å². The maximum atomic E-state index is 13.1. The molecule has 0 aromatic heterocycles.